The number of hydrogen-bond donors (Lipinski definition) is 6. The zero-order valence-corrected chi connectivity index (χ0v) is 18.7. The van der Waals surface area contributed by atoms with Crippen molar-refractivity contribution < 1.29 is 24.3 Å². The Morgan fingerprint density at radius 2 is 1.88 bits per heavy atom. The minimum Gasteiger partial charge on any atom is -0.481 e. The fourth-order valence-corrected chi connectivity index (χ4v) is 3.64. The number of amidine groups is 1. The van der Waals surface area contributed by atoms with E-state index >= 15 is 0 Å². The molecule has 10 nitrogen and oxygen atoms in total. The molecule has 1 heterocycles. The van der Waals surface area contributed by atoms with Gasteiger partial charge in [0.15, 0.2) is 0 Å². The first-order chi connectivity index (χ1) is 16.3. The third-order valence-electron chi connectivity index (χ3n) is 5.43. The number of anilines is 1. The number of benzene rings is 2. The molecule has 0 radical (unpaired) electrons. The van der Waals surface area contributed by atoms with Crippen LogP contribution in [-0.4, -0.2) is 41.4 Å². The van der Waals surface area contributed by atoms with Crippen LogP contribution < -0.4 is 21.8 Å². The first-order valence-electron chi connectivity index (χ1n) is 11.0. The van der Waals surface area contributed by atoms with Gasteiger partial charge in [0.2, 0.25) is 11.8 Å². The summed E-state index contributed by atoms with van der Waals surface area (Å²) in [5.74, 6) is -1.46. The number of hydrogen-bond acceptors (Lipinski definition) is 6. The number of rotatable bonds is 11. The molecule has 1 fully saturated rings. The highest BCUT2D eigenvalue weighted by molar-refractivity contribution is 5.95. The smallest absolute Gasteiger partial charge is 0.303 e. The number of carbonyl (C=O) groups is 3. The van der Waals surface area contributed by atoms with E-state index < -0.39 is 5.97 Å². The van der Waals surface area contributed by atoms with E-state index in [9.17, 15) is 14.4 Å². The van der Waals surface area contributed by atoms with Gasteiger partial charge in [-0.1, -0.05) is 36.4 Å². The highest BCUT2D eigenvalue weighted by atomic mass is 16.7. The van der Waals surface area contributed by atoms with Crippen molar-refractivity contribution in [1.82, 2.24) is 10.8 Å². The Morgan fingerprint density at radius 3 is 2.59 bits per heavy atom. The van der Waals surface area contributed by atoms with Crippen molar-refractivity contribution in [3.05, 3.63) is 65.2 Å². The highest BCUT2D eigenvalue weighted by Gasteiger charge is 2.28. The summed E-state index contributed by atoms with van der Waals surface area (Å²) >= 11 is 0. The van der Waals surface area contributed by atoms with Crippen LogP contribution in [0.2, 0.25) is 0 Å². The van der Waals surface area contributed by atoms with Gasteiger partial charge in [0.25, 0.3) is 0 Å². The van der Waals surface area contributed by atoms with Crippen molar-refractivity contribution in [3.8, 4) is 0 Å². The lowest BCUT2D eigenvalue weighted by molar-refractivity contribution is -0.138. The maximum Gasteiger partial charge on any atom is 0.303 e. The van der Waals surface area contributed by atoms with Crippen LogP contribution in [0.4, 0.5) is 5.69 Å². The van der Waals surface area contributed by atoms with Crippen LogP contribution in [0.5, 0.6) is 0 Å². The topological polar surface area (TPSA) is 167 Å². The molecule has 0 saturated carbocycles. The molecule has 2 aromatic carbocycles. The van der Waals surface area contributed by atoms with E-state index in [1.54, 1.807) is 18.2 Å². The van der Waals surface area contributed by atoms with E-state index in [2.05, 4.69) is 16.1 Å². The van der Waals surface area contributed by atoms with E-state index in [4.69, 9.17) is 21.1 Å². The fraction of sp³-hybridized carbons (Fsp3) is 0.333. The van der Waals surface area contributed by atoms with Gasteiger partial charge < -0.3 is 21.5 Å². The number of nitrogens with one attached hydrogen (secondary N) is 4. The average molecular weight is 468 g/mol. The average Bonchev–Trinajstić information content (AvgIpc) is 3.26. The summed E-state index contributed by atoms with van der Waals surface area (Å²) in [5, 5.41) is 21.6. The molecule has 180 valence electrons. The van der Waals surface area contributed by atoms with Crippen molar-refractivity contribution in [2.75, 3.05) is 11.9 Å². The molecule has 0 spiro atoms. The predicted molar refractivity (Wildman–Crippen MR) is 126 cm³/mol. The van der Waals surface area contributed by atoms with Gasteiger partial charge in [0, 0.05) is 24.2 Å². The monoisotopic (exact) mass is 467 g/mol. The van der Waals surface area contributed by atoms with Crippen LogP contribution in [0.15, 0.2) is 48.5 Å². The summed E-state index contributed by atoms with van der Waals surface area (Å²) in [6.07, 6.45) is 0.867. The van der Waals surface area contributed by atoms with Crippen molar-refractivity contribution in [2.24, 2.45) is 5.73 Å². The van der Waals surface area contributed by atoms with Crippen molar-refractivity contribution in [2.45, 2.75) is 44.2 Å². The quantitative estimate of drug-likeness (QED) is 0.217. The zero-order chi connectivity index (χ0) is 24.5. The Kier molecular flexibility index (Phi) is 8.72. The maximum atomic E-state index is 12.5. The van der Waals surface area contributed by atoms with E-state index in [0.717, 1.165) is 11.1 Å². The second kappa shape index (κ2) is 11.9. The number of hydroxylamine groups is 1. The largest absolute Gasteiger partial charge is 0.481 e. The number of nitrogens with two attached hydrogens (primary N) is 1. The zero-order valence-electron chi connectivity index (χ0n) is 18.7. The van der Waals surface area contributed by atoms with Crippen molar-refractivity contribution >= 4 is 29.3 Å². The Bertz CT molecular complexity index is 1040. The first-order valence-corrected chi connectivity index (χ1v) is 11.0. The van der Waals surface area contributed by atoms with Gasteiger partial charge in [-0.3, -0.25) is 24.6 Å². The van der Waals surface area contributed by atoms with E-state index in [0.29, 0.717) is 30.6 Å². The molecule has 0 bridgehead atoms. The lowest BCUT2D eigenvalue weighted by atomic mass is 9.99. The second-order valence-electron chi connectivity index (χ2n) is 8.13. The van der Waals surface area contributed by atoms with Crippen LogP contribution in [0, 0.1) is 5.41 Å². The molecule has 3 rings (SSSR count). The first kappa shape index (κ1) is 24.9. The van der Waals surface area contributed by atoms with Crippen LogP contribution in [0.3, 0.4) is 0 Å². The molecular formula is C24H29N5O5. The van der Waals surface area contributed by atoms with Crippen LogP contribution >= 0.6 is 0 Å². The summed E-state index contributed by atoms with van der Waals surface area (Å²) in [4.78, 5) is 40.2. The normalized spacial score (nSPS) is 17.2. The molecule has 2 aromatic rings. The Morgan fingerprint density at radius 1 is 1.12 bits per heavy atom. The van der Waals surface area contributed by atoms with Gasteiger partial charge in [-0.15, -0.1) is 0 Å². The minimum absolute atomic E-state index is 0.0151. The highest BCUT2D eigenvalue weighted by Crippen LogP contribution is 2.27. The fourth-order valence-electron chi connectivity index (χ4n) is 3.64. The molecule has 1 saturated heterocycles. The molecule has 2 amide bonds. The third kappa shape index (κ3) is 7.68. The molecule has 0 aromatic heterocycles. The standard InChI is InChI=1S/C24H29N5O5/c25-24(26)17-6-4-16(5-7-17)20-13-19(34-29-20)14-22(31)28-18-3-1-2-15(12-18)10-11-27-21(30)8-9-23(32)33/h1-7,12,19-20,29H,8-11,13-14H2,(H3,25,26)(H,27,30)(H,28,31)(H,32,33)/t19-,20+/m1/s1. The molecule has 10 heteroatoms. The van der Waals surface area contributed by atoms with E-state index in [-0.39, 0.29) is 49.1 Å². The number of aliphatic carboxylic acids is 1. The lowest BCUT2D eigenvalue weighted by Gasteiger charge is -2.11. The van der Waals surface area contributed by atoms with Gasteiger partial charge in [0.1, 0.15) is 5.84 Å². The van der Waals surface area contributed by atoms with Crippen molar-refractivity contribution in [1.29, 1.82) is 5.41 Å². The maximum absolute atomic E-state index is 12.5. The Balaban J connectivity index is 1.43. The van der Waals surface area contributed by atoms with Crippen LogP contribution in [0.25, 0.3) is 0 Å². The van der Waals surface area contributed by atoms with Crippen molar-refractivity contribution in [3.63, 3.8) is 0 Å². The summed E-state index contributed by atoms with van der Waals surface area (Å²) in [7, 11) is 0. The number of nitrogen functional groups attached to an aromatic ring is 1. The third-order valence-corrected chi connectivity index (χ3v) is 5.43. The molecule has 2 atom stereocenters. The molecule has 34 heavy (non-hydrogen) atoms. The lowest BCUT2D eigenvalue weighted by Crippen LogP contribution is -2.26. The summed E-state index contributed by atoms with van der Waals surface area (Å²) in [5.41, 5.74) is 11.7. The van der Waals surface area contributed by atoms with Crippen LogP contribution in [-0.2, 0) is 25.6 Å². The van der Waals surface area contributed by atoms with Gasteiger partial charge in [0.05, 0.1) is 25.0 Å². The van der Waals surface area contributed by atoms with Gasteiger partial charge in [-0.2, -0.15) is 5.48 Å². The summed E-state index contributed by atoms with van der Waals surface area (Å²) in [6.45, 7) is 0.381. The van der Waals surface area contributed by atoms with Gasteiger partial charge >= 0.3 is 5.97 Å². The number of carboxylic acids is 1. The molecule has 1 aliphatic rings. The van der Waals surface area contributed by atoms with E-state index in [1.165, 1.54) is 0 Å². The predicted octanol–water partition coefficient (Wildman–Crippen LogP) is 1.86. The summed E-state index contributed by atoms with van der Waals surface area (Å²) in [6, 6.07) is 14.7. The molecular weight excluding hydrogens is 438 g/mol. The molecule has 0 unspecified atom stereocenters. The van der Waals surface area contributed by atoms with Gasteiger partial charge in [-0.25, -0.2) is 0 Å². The number of carboxylic acid groups (broad SMARTS) is 1. The molecule has 0 aliphatic carbocycles. The summed E-state index contributed by atoms with van der Waals surface area (Å²) < 4.78 is 0. The molecule has 1 aliphatic heterocycles. The van der Waals surface area contributed by atoms with E-state index in [1.807, 2.05) is 30.3 Å². The Hall–Kier alpha value is -3.76. The molecule has 7 N–H and O–H groups in total. The second-order valence-corrected chi connectivity index (χ2v) is 8.13. The number of carbonyl (C=O) groups excluding carboxylic acids is 2. The number of amides is 2. The van der Waals surface area contributed by atoms with Crippen LogP contribution in [0.1, 0.15) is 48.4 Å². The van der Waals surface area contributed by atoms with Gasteiger partial charge in [-0.05, 0) is 36.1 Å². The SMILES string of the molecule is N=C(N)c1ccc([C@@H]2C[C@H](CC(=O)Nc3cccc(CCNC(=O)CCC(=O)O)c3)ON2)cc1. The Labute approximate surface area is 197 Å². The minimum atomic E-state index is -1.00.